The lowest BCUT2D eigenvalue weighted by atomic mass is 10.2. The highest BCUT2D eigenvalue weighted by atomic mass is 19.4. The summed E-state index contributed by atoms with van der Waals surface area (Å²) in [4.78, 5) is 28.4. The number of pyridine rings is 1. The number of carbonyl (C=O) groups is 2. The molecule has 0 bridgehead atoms. The quantitative estimate of drug-likeness (QED) is 0.542. The fraction of sp³-hybridized carbons (Fsp3) is 0.136. The van der Waals surface area contributed by atoms with Gasteiger partial charge in [0.2, 0.25) is 0 Å². The second-order valence-electron chi connectivity index (χ2n) is 6.59. The van der Waals surface area contributed by atoms with Crippen molar-refractivity contribution in [3.05, 3.63) is 83.6 Å². The summed E-state index contributed by atoms with van der Waals surface area (Å²) < 4.78 is 43.8. The van der Waals surface area contributed by atoms with Crippen molar-refractivity contribution in [2.45, 2.75) is 13.1 Å². The van der Waals surface area contributed by atoms with Crippen LogP contribution >= 0.6 is 0 Å². The number of aryl methyl sites for hydroxylation is 1. The van der Waals surface area contributed by atoms with E-state index < -0.39 is 30.2 Å². The summed E-state index contributed by atoms with van der Waals surface area (Å²) in [6, 6.07) is 14.4. The molecule has 1 amide bonds. The molecule has 0 atom stereocenters. The smallest absolute Gasteiger partial charge is 0.416 e. The first-order valence-electron chi connectivity index (χ1n) is 9.15. The Hall–Kier alpha value is -3.88. The Morgan fingerprint density at radius 3 is 2.45 bits per heavy atom. The Morgan fingerprint density at radius 1 is 1.00 bits per heavy atom. The molecule has 2 aromatic carbocycles. The Morgan fingerprint density at radius 2 is 1.74 bits per heavy atom. The van der Waals surface area contributed by atoms with E-state index in [0.717, 1.165) is 17.7 Å². The number of hydrogen-bond donors (Lipinski definition) is 2. The molecule has 3 rings (SSSR count). The minimum atomic E-state index is -4.51. The first-order chi connectivity index (χ1) is 14.7. The molecule has 160 valence electrons. The average Bonchev–Trinajstić information content (AvgIpc) is 2.74. The zero-order valence-electron chi connectivity index (χ0n) is 16.4. The third-order valence-corrected chi connectivity index (χ3v) is 4.15. The first-order valence-corrected chi connectivity index (χ1v) is 9.15. The molecule has 0 aliphatic rings. The molecule has 0 aliphatic heterocycles. The number of carbonyl (C=O) groups excluding carboxylic acids is 2. The lowest BCUT2D eigenvalue weighted by Crippen LogP contribution is -2.21. The van der Waals surface area contributed by atoms with E-state index in [-0.39, 0.29) is 17.1 Å². The van der Waals surface area contributed by atoms with Crippen molar-refractivity contribution in [1.29, 1.82) is 0 Å². The highest BCUT2D eigenvalue weighted by Gasteiger charge is 2.30. The van der Waals surface area contributed by atoms with Gasteiger partial charge in [-0.1, -0.05) is 23.8 Å². The molecule has 0 saturated heterocycles. The molecule has 0 saturated carbocycles. The zero-order valence-corrected chi connectivity index (χ0v) is 16.4. The Bertz CT molecular complexity index is 1080. The third kappa shape index (κ3) is 6.05. The van der Waals surface area contributed by atoms with Crippen molar-refractivity contribution in [3.63, 3.8) is 0 Å². The number of ether oxygens (including phenoxy) is 1. The molecule has 6 nitrogen and oxygen atoms in total. The number of hydrogen-bond acceptors (Lipinski definition) is 5. The minimum absolute atomic E-state index is 0.00534. The standard InChI is InChI=1S/C22H18F3N3O3/c1-14-7-9-16(10-8-14)27-19(29)13-31-21(30)18-6-3-11-26-20(18)28-17-5-2-4-15(12-17)22(23,24)25/h2-12H,13H2,1H3,(H,26,28)(H,27,29). The molecule has 1 aromatic heterocycles. The van der Waals surface area contributed by atoms with Crippen molar-refractivity contribution < 1.29 is 27.5 Å². The van der Waals surface area contributed by atoms with Gasteiger partial charge in [-0.25, -0.2) is 9.78 Å². The van der Waals surface area contributed by atoms with Crippen LogP contribution in [0.5, 0.6) is 0 Å². The van der Waals surface area contributed by atoms with Gasteiger partial charge in [0.1, 0.15) is 11.4 Å². The second-order valence-corrected chi connectivity index (χ2v) is 6.59. The molecule has 0 unspecified atom stereocenters. The Kier molecular flexibility index (Phi) is 6.54. The van der Waals surface area contributed by atoms with Crippen molar-refractivity contribution in [3.8, 4) is 0 Å². The van der Waals surface area contributed by atoms with Gasteiger partial charge >= 0.3 is 12.1 Å². The molecule has 0 aliphatic carbocycles. The maximum Gasteiger partial charge on any atom is 0.416 e. The number of nitrogens with zero attached hydrogens (tertiary/aromatic N) is 1. The summed E-state index contributed by atoms with van der Waals surface area (Å²) in [5.74, 6) is -1.37. The van der Waals surface area contributed by atoms with Gasteiger partial charge in [0, 0.05) is 17.6 Å². The number of aromatic nitrogens is 1. The van der Waals surface area contributed by atoms with Gasteiger partial charge in [-0.3, -0.25) is 4.79 Å². The van der Waals surface area contributed by atoms with Gasteiger partial charge in [0.25, 0.3) is 5.91 Å². The van der Waals surface area contributed by atoms with E-state index >= 15 is 0 Å². The lowest BCUT2D eigenvalue weighted by Gasteiger charge is -2.13. The summed E-state index contributed by atoms with van der Waals surface area (Å²) in [6.07, 6.45) is -3.13. The second kappa shape index (κ2) is 9.29. The number of amides is 1. The van der Waals surface area contributed by atoms with Gasteiger partial charge in [0.15, 0.2) is 6.61 Å². The molecule has 2 N–H and O–H groups in total. The summed E-state index contributed by atoms with van der Waals surface area (Å²) in [5, 5.41) is 5.28. The van der Waals surface area contributed by atoms with Crippen LogP contribution in [0, 0.1) is 6.92 Å². The van der Waals surface area contributed by atoms with Crippen LogP contribution in [0.3, 0.4) is 0 Å². The SMILES string of the molecule is Cc1ccc(NC(=O)COC(=O)c2cccnc2Nc2cccc(C(F)(F)F)c2)cc1. The molecule has 0 radical (unpaired) electrons. The van der Waals surface area contributed by atoms with Crippen molar-refractivity contribution in [2.75, 3.05) is 17.2 Å². The lowest BCUT2D eigenvalue weighted by molar-refractivity contribution is -0.137. The molecule has 3 aromatic rings. The predicted molar refractivity (Wildman–Crippen MR) is 109 cm³/mol. The molecule has 0 fully saturated rings. The van der Waals surface area contributed by atoms with Crippen LogP contribution in [0.4, 0.5) is 30.4 Å². The number of halogens is 3. The van der Waals surface area contributed by atoms with Gasteiger partial charge in [-0.05, 0) is 49.4 Å². The number of rotatable bonds is 6. The van der Waals surface area contributed by atoms with Crippen molar-refractivity contribution in [2.24, 2.45) is 0 Å². The highest BCUT2D eigenvalue weighted by molar-refractivity contribution is 5.98. The number of esters is 1. The molecule has 1 heterocycles. The van der Waals surface area contributed by atoms with E-state index in [9.17, 15) is 22.8 Å². The molecular weight excluding hydrogens is 411 g/mol. The van der Waals surface area contributed by atoms with Crippen molar-refractivity contribution in [1.82, 2.24) is 4.98 Å². The topological polar surface area (TPSA) is 80.3 Å². The molecule has 9 heteroatoms. The zero-order chi connectivity index (χ0) is 22.4. The van der Waals surface area contributed by atoms with E-state index in [2.05, 4.69) is 15.6 Å². The summed E-state index contributed by atoms with van der Waals surface area (Å²) >= 11 is 0. The van der Waals surface area contributed by atoms with Gasteiger partial charge in [-0.2, -0.15) is 13.2 Å². The Balaban J connectivity index is 1.66. The van der Waals surface area contributed by atoms with E-state index in [4.69, 9.17) is 4.74 Å². The fourth-order valence-electron chi connectivity index (χ4n) is 2.62. The normalized spacial score (nSPS) is 11.0. The van der Waals surface area contributed by atoms with Crippen LogP contribution in [0.1, 0.15) is 21.5 Å². The van der Waals surface area contributed by atoms with Crippen LogP contribution in [-0.4, -0.2) is 23.5 Å². The van der Waals surface area contributed by atoms with Crippen LogP contribution < -0.4 is 10.6 Å². The third-order valence-electron chi connectivity index (χ3n) is 4.15. The Labute approximate surface area is 176 Å². The number of benzene rings is 2. The van der Waals surface area contributed by atoms with E-state index in [1.54, 1.807) is 12.1 Å². The highest BCUT2D eigenvalue weighted by Crippen LogP contribution is 2.31. The maximum absolute atomic E-state index is 12.9. The van der Waals surface area contributed by atoms with E-state index in [0.29, 0.717) is 5.69 Å². The van der Waals surface area contributed by atoms with Crippen molar-refractivity contribution >= 4 is 29.1 Å². The van der Waals surface area contributed by atoms with Crippen LogP contribution in [-0.2, 0) is 15.7 Å². The largest absolute Gasteiger partial charge is 0.452 e. The van der Waals surface area contributed by atoms with Crippen LogP contribution in [0.15, 0.2) is 66.9 Å². The van der Waals surface area contributed by atoms with Crippen LogP contribution in [0.25, 0.3) is 0 Å². The number of alkyl halides is 3. The van der Waals surface area contributed by atoms with E-state index in [1.165, 1.54) is 30.5 Å². The summed E-state index contributed by atoms with van der Waals surface area (Å²) in [5.41, 5.74) is 0.815. The number of anilines is 3. The van der Waals surface area contributed by atoms with Gasteiger partial charge in [-0.15, -0.1) is 0 Å². The maximum atomic E-state index is 12.9. The minimum Gasteiger partial charge on any atom is -0.452 e. The van der Waals surface area contributed by atoms with Gasteiger partial charge < -0.3 is 15.4 Å². The number of nitrogens with one attached hydrogen (secondary N) is 2. The summed E-state index contributed by atoms with van der Waals surface area (Å²) in [6.45, 7) is 1.37. The molecular formula is C22H18F3N3O3. The first kappa shape index (κ1) is 21.8. The van der Waals surface area contributed by atoms with Gasteiger partial charge in [0.05, 0.1) is 5.56 Å². The monoisotopic (exact) mass is 429 g/mol. The average molecular weight is 429 g/mol. The predicted octanol–water partition coefficient (Wildman–Crippen LogP) is 4.95. The van der Waals surface area contributed by atoms with E-state index in [1.807, 2.05) is 19.1 Å². The molecule has 31 heavy (non-hydrogen) atoms. The fourth-order valence-corrected chi connectivity index (χ4v) is 2.62. The van der Waals surface area contributed by atoms with Crippen LogP contribution in [0.2, 0.25) is 0 Å². The molecule has 0 spiro atoms. The summed E-state index contributed by atoms with van der Waals surface area (Å²) in [7, 11) is 0.